The Kier molecular flexibility index (Phi) is 4.04. The molecule has 108 valence electrons. The molecule has 3 N–H and O–H groups in total. The van der Waals surface area contributed by atoms with E-state index in [2.05, 4.69) is 10.3 Å². The van der Waals surface area contributed by atoms with Crippen LogP contribution in [0.5, 0.6) is 0 Å². The normalized spacial score (nSPS) is 10.2. The minimum atomic E-state index is -0.640. The maximum atomic E-state index is 12.2. The van der Waals surface area contributed by atoms with Crippen LogP contribution in [0.2, 0.25) is 5.02 Å². The molecule has 8 heteroatoms. The van der Waals surface area contributed by atoms with Gasteiger partial charge in [0.15, 0.2) is 0 Å². The van der Waals surface area contributed by atoms with Crippen LogP contribution in [0.3, 0.4) is 0 Å². The molecule has 0 atom stereocenters. The molecular weight excluding hydrogens is 296 g/mol. The Hall–Kier alpha value is -2.67. The number of benzene rings is 1. The number of halogens is 1. The van der Waals surface area contributed by atoms with E-state index in [9.17, 15) is 14.9 Å². The zero-order valence-electron chi connectivity index (χ0n) is 11.0. The molecule has 0 aliphatic rings. The molecule has 0 aliphatic carbocycles. The highest BCUT2D eigenvalue weighted by molar-refractivity contribution is 6.34. The van der Waals surface area contributed by atoms with Crippen molar-refractivity contribution in [1.82, 2.24) is 4.98 Å². The third-order valence-electron chi connectivity index (χ3n) is 2.72. The molecule has 0 radical (unpaired) electrons. The summed E-state index contributed by atoms with van der Waals surface area (Å²) in [5.74, 6) is -0.580. The zero-order chi connectivity index (χ0) is 15.6. The third kappa shape index (κ3) is 3.26. The van der Waals surface area contributed by atoms with Crippen LogP contribution in [0.1, 0.15) is 16.1 Å². The van der Waals surface area contributed by atoms with Crippen LogP contribution < -0.4 is 11.1 Å². The van der Waals surface area contributed by atoms with Gasteiger partial charge in [-0.25, -0.2) is 0 Å². The van der Waals surface area contributed by atoms with E-state index in [1.165, 1.54) is 6.20 Å². The SMILES string of the molecule is Cc1cc(NC(=O)c2cc([N+](=O)[O-])cc(Cl)c2N)ccn1. The Morgan fingerprint density at radius 3 is 2.76 bits per heavy atom. The summed E-state index contributed by atoms with van der Waals surface area (Å²) in [5, 5.41) is 13.4. The van der Waals surface area contributed by atoms with E-state index in [4.69, 9.17) is 17.3 Å². The molecule has 1 aromatic heterocycles. The summed E-state index contributed by atoms with van der Waals surface area (Å²) in [6.07, 6.45) is 1.54. The van der Waals surface area contributed by atoms with Crippen LogP contribution in [0.15, 0.2) is 30.5 Å². The number of hydrogen-bond donors (Lipinski definition) is 2. The molecule has 21 heavy (non-hydrogen) atoms. The van der Waals surface area contributed by atoms with E-state index < -0.39 is 10.8 Å². The van der Waals surface area contributed by atoms with E-state index in [1.54, 1.807) is 19.1 Å². The molecule has 1 heterocycles. The predicted molar refractivity (Wildman–Crippen MR) is 79.4 cm³/mol. The quantitative estimate of drug-likeness (QED) is 0.514. The fourth-order valence-electron chi connectivity index (χ4n) is 1.72. The van der Waals surface area contributed by atoms with Crippen LogP contribution in [0.4, 0.5) is 17.1 Å². The smallest absolute Gasteiger partial charge is 0.271 e. The first-order valence-electron chi connectivity index (χ1n) is 5.86. The Balaban J connectivity index is 2.37. The van der Waals surface area contributed by atoms with Crippen molar-refractivity contribution in [2.24, 2.45) is 0 Å². The van der Waals surface area contributed by atoms with Crippen LogP contribution in [-0.2, 0) is 0 Å². The molecule has 0 bridgehead atoms. The Labute approximate surface area is 124 Å². The number of pyridine rings is 1. The molecule has 2 aromatic rings. The summed E-state index contributed by atoms with van der Waals surface area (Å²) in [4.78, 5) is 26.4. The first-order valence-corrected chi connectivity index (χ1v) is 6.23. The summed E-state index contributed by atoms with van der Waals surface area (Å²) < 4.78 is 0. The number of carbonyl (C=O) groups is 1. The van der Waals surface area contributed by atoms with Gasteiger partial charge in [0.25, 0.3) is 11.6 Å². The molecule has 1 amide bonds. The van der Waals surface area contributed by atoms with Gasteiger partial charge in [0.05, 0.1) is 21.2 Å². The van der Waals surface area contributed by atoms with Gasteiger partial charge in [-0.15, -0.1) is 0 Å². The van der Waals surface area contributed by atoms with Crippen LogP contribution >= 0.6 is 11.6 Å². The Bertz CT molecular complexity index is 733. The number of aryl methyl sites for hydroxylation is 1. The van der Waals surface area contributed by atoms with Crippen molar-refractivity contribution in [3.63, 3.8) is 0 Å². The maximum Gasteiger partial charge on any atom is 0.271 e. The highest BCUT2D eigenvalue weighted by atomic mass is 35.5. The second-order valence-electron chi connectivity index (χ2n) is 4.29. The minimum absolute atomic E-state index is 0.00875. The summed E-state index contributed by atoms with van der Waals surface area (Å²) in [7, 11) is 0. The molecule has 0 saturated carbocycles. The summed E-state index contributed by atoms with van der Waals surface area (Å²) in [5.41, 5.74) is 6.58. The highest BCUT2D eigenvalue weighted by Crippen LogP contribution is 2.29. The van der Waals surface area contributed by atoms with Gasteiger partial charge in [-0.3, -0.25) is 19.9 Å². The number of rotatable bonds is 3. The van der Waals surface area contributed by atoms with Gasteiger partial charge >= 0.3 is 0 Å². The molecule has 0 fully saturated rings. The average Bonchev–Trinajstić information content (AvgIpc) is 2.41. The number of nitrogens with two attached hydrogens (primary N) is 1. The fourth-order valence-corrected chi connectivity index (χ4v) is 1.93. The number of amides is 1. The molecule has 2 rings (SSSR count). The summed E-state index contributed by atoms with van der Waals surface area (Å²) in [6, 6.07) is 5.45. The number of nitro groups is 1. The van der Waals surface area contributed by atoms with Crippen LogP contribution in [0.25, 0.3) is 0 Å². The van der Waals surface area contributed by atoms with Gasteiger partial charge in [0.2, 0.25) is 0 Å². The Morgan fingerprint density at radius 2 is 2.14 bits per heavy atom. The van der Waals surface area contributed by atoms with Crippen molar-refractivity contribution >= 4 is 34.6 Å². The number of nitro benzene ring substituents is 1. The second-order valence-corrected chi connectivity index (χ2v) is 4.69. The van der Waals surface area contributed by atoms with Gasteiger partial charge in [-0.05, 0) is 19.1 Å². The van der Waals surface area contributed by atoms with Gasteiger partial charge in [0.1, 0.15) is 0 Å². The molecule has 0 aliphatic heterocycles. The second kappa shape index (κ2) is 5.76. The lowest BCUT2D eigenvalue weighted by Crippen LogP contribution is -2.15. The predicted octanol–water partition coefficient (Wildman–Crippen LogP) is 2.79. The largest absolute Gasteiger partial charge is 0.397 e. The number of nitrogen functional groups attached to an aromatic ring is 1. The number of nitrogens with zero attached hydrogens (tertiary/aromatic N) is 2. The lowest BCUT2D eigenvalue weighted by molar-refractivity contribution is -0.384. The molecule has 0 saturated heterocycles. The van der Waals surface area contributed by atoms with Gasteiger partial charge in [-0.2, -0.15) is 0 Å². The van der Waals surface area contributed by atoms with E-state index in [1.807, 2.05) is 0 Å². The van der Waals surface area contributed by atoms with Crippen molar-refractivity contribution < 1.29 is 9.72 Å². The van der Waals surface area contributed by atoms with Gasteiger partial charge in [0, 0.05) is 29.7 Å². The molecular formula is C13H11ClN4O3. The van der Waals surface area contributed by atoms with Gasteiger partial charge < -0.3 is 11.1 Å². The molecule has 1 aromatic carbocycles. The van der Waals surface area contributed by atoms with Crippen LogP contribution in [0, 0.1) is 17.0 Å². The average molecular weight is 307 g/mol. The topological polar surface area (TPSA) is 111 Å². The first-order chi connectivity index (χ1) is 9.88. The van der Waals surface area contributed by atoms with E-state index >= 15 is 0 Å². The number of nitrogens with one attached hydrogen (secondary N) is 1. The van der Waals surface area contributed by atoms with Crippen molar-refractivity contribution in [1.29, 1.82) is 0 Å². The standard InChI is InChI=1S/C13H11ClN4O3/c1-7-4-8(2-3-16-7)17-13(19)10-5-9(18(20)21)6-11(14)12(10)15/h2-6H,15H2,1H3,(H,16,17,19). The molecule has 0 spiro atoms. The molecule has 7 nitrogen and oxygen atoms in total. The third-order valence-corrected chi connectivity index (χ3v) is 3.04. The summed E-state index contributed by atoms with van der Waals surface area (Å²) in [6.45, 7) is 1.77. The van der Waals surface area contributed by atoms with Crippen molar-refractivity contribution in [3.8, 4) is 0 Å². The number of anilines is 2. The number of carbonyl (C=O) groups excluding carboxylic acids is 1. The molecule has 0 unspecified atom stereocenters. The Morgan fingerprint density at radius 1 is 1.43 bits per heavy atom. The lowest BCUT2D eigenvalue weighted by atomic mass is 10.1. The highest BCUT2D eigenvalue weighted by Gasteiger charge is 2.19. The monoisotopic (exact) mass is 306 g/mol. The fraction of sp³-hybridized carbons (Fsp3) is 0.0769. The number of non-ortho nitro benzene ring substituents is 1. The summed E-state index contributed by atoms with van der Waals surface area (Å²) >= 11 is 5.82. The maximum absolute atomic E-state index is 12.2. The van der Waals surface area contributed by atoms with Gasteiger partial charge in [-0.1, -0.05) is 11.6 Å². The van der Waals surface area contributed by atoms with E-state index in [0.29, 0.717) is 5.69 Å². The van der Waals surface area contributed by atoms with Crippen molar-refractivity contribution in [3.05, 3.63) is 56.9 Å². The van der Waals surface area contributed by atoms with E-state index in [0.717, 1.165) is 17.8 Å². The lowest BCUT2D eigenvalue weighted by Gasteiger charge is -2.09. The number of hydrogen-bond acceptors (Lipinski definition) is 5. The van der Waals surface area contributed by atoms with Crippen molar-refractivity contribution in [2.45, 2.75) is 6.92 Å². The first kappa shape index (κ1) is 14.7. The van der Waals surface area contributed by atoms with E-state index in [-0.39, 0.29) is 22.0 Å². The van der Waals surface area contributed by atoms with Crippen LogP contribution in [-0.4, -0.2) is 15.8 Å². The van der Waals surface area contributed by atoms with Crippen molar-refractivity contribution in [2.75, 3.05) is 11.1 Å². The minimum Gasteiger partial charge on any atom is -0.397 e. The number of aromatic nitrogens is 1. The zero-order valence-corrected chi connectivity index (χ0v) is 11.7.